The molecule has 184 valence electrons. The number of sulfonamides is 1. The number of rotatable bonds is 8. The normalized spacial score (nSPS) is 12.7. The van der Waals surface area contributed by atoms with Crippen LogP contribution in [-0.2, 0) is 23.0 Å². The molecule has 0 unspecified atom stereocenters. The quantitative estimate of drug-likeness (QED) is 0.505. The molecule has 0 fully saturated rings. The summed E-state index contributed by atoms with van der Waals surface area (Å²) in [7, 11) is -0.956. The molecule has 0 radical (unpaired) electrons. The predicted molar refractivity (Wildman–Crippen MR) is 133 cm³/mol. The molecule has 1 N–H and O–H groups in total. The molecule has 0 bridgehead atoms. The van der Waals surface area contributed by atoms with E-state index in [2.05, 4.69) is 4.72 Å². The highest BCUT2D eigenvalue weighted by molar-refractivity contribution is 7.92. The number of anilines is 1. The maximum Gasteiger partial charge on any atom is 0.265 e. The molecule has 0 saturated heterocycles. The van der Waals surface area contributed by atoms with E-state index in [0.29, 0.717) is 36.9 Å². The summed E-state index contributed by atoms with van der Waals surface area (Å²) in [5.74, 6) is 1.14. The molecule has 4 rings (SSSR count). The third-order valence-corrected chi connectivity index (χ3v) is 7.09. The molecule has 1 aliphatic rings. The maximum atomic E-state index is 13.2. The topological polar surface area (TPSA) is 94.2 Å². The summed E-state index contributed by atoms with van der Waals surface area (Å²) in [6, 6.07) is 17.0. The number of ether oxygens (including phenoxy) is 3. The zero-order valence-electron chi connectivity index (χ0n) is 19.9. The van der Waals surface area contributed by atoms with E-state index >= 15 is 0 Å². The maximum absolute atomic E-state index is 13.2. The van der Waals surface area contributed by atoms with Crippen molar-refractivity contribution in [2.75, 3.05) is 32.1 Å². The number of hydrogen-bond donors (Lipinski definition) is 1. The number of amides is 1. The van der Waals surface area contributed by atoms with Gasteiger partial charge in [-0.2, -0.15) is 0 Å². The lowest BCUT2D eigenvalue weighted by Crippen LogP contribution is -2.27. The molecule has 35 heavy (non-hydrogen) atoms. The van der Waals surface area contributed by atoms with Gasteiger partial charge < -0.3 is 19.1 Å². The van der Waals surface area contributed by atoms with Gasteiger partial charge in [0.1, 0.15) is 23.9 Å². The second kappa shape index (κ2) is 10.3. The largest absolute Gasteiger partial charge is 0.495 e. The number of carbonyl (C=O) groups excluding carboxylic acids is 1. The monoisotopic (exact) mass is 496 g/mol. The van der Waals surface area contributed by atoms with E-state index in [1.54, 1.807) is 25.2 Å². The van der Waals surface area contributed by atoms with Crippen molar-refractivity contribution >= 4 is 21.6 Å². The number of benzene rings is 3. The number of aryl methyl sites for hydroxylation is 1. The summed E-state index contributed by atoms with van der Waals surface area (Å²) in [4.78, 5) is 14.6. The third kappa shape index (κ3) is 5.51. The first-order valence-electron chi connectivity index (χ1n) is 11.2. The molecule has 8 nitrogen and oxygen atoms in total. The first kappa shape index (κ1) is 24.4. The molecule has 1 heterocycles. The molecule has 1 aliphatic heterocycles. The van der Waals surface area contributed by atoms with Gasteiger partial charge in [0, 0.05) is 24.8 Å². The van der Waals surface area contributed by atoms with Gasteiger partial charge in [-0.25, -0.2) is 8.42 Å². The molecule has 1 amide bonds. The van der Waals surface area contributed by atoms with Gasteiger partial charge in [0.05, 0.1) is 7.11 Å². The Morgan fingerprint density at radius 3 is 2.34 bits per heavy atom. The van der Waals surface area contributed by atoms with Gasteiger partial charge in [0.2, 0.25) is 0 Å². The van der Waals surface area contributed by atoms with Crippen molar-refractivity contribution in [1.82, 2.24) is 4.90 Å². The Bertz CT molecular complexity index is 1320. The van der Waals surface area contributed by atoms with Crippen LogP contribution < -0.4 is 18.9 Å². The highest BCUT2D eigenvalue weighted by Gasteiger charge is 2.23. The molecule has 9 heteroatoms. The highest BCUT2D eigenvalue weighted by atomic mass is 32.2. The number of fused-ring (bicyclic) bond motifs is 1. The van der Waals surface area contributed by atoms with Crippen LogP contribution in [0.3, 0.4) is 0 Å². The number of methoxy groups -OCH3 is 1. The number of hydrogen-bond acceptors (Lipinski definition) is 6. The van der Waals surface area contributed by atoms with E-state index in [-0.39, 0.29) is 22.1 Å². The minimum absolute atomic E-state index is 0.113. The Morgan fingerprint density at radius 1 is 0.971 bits per heavy atom. The SMILES string of the molecule is CCc1ccc(NS(=O)(=O)c2cc(C(=O)N(C)Cc3ccc4c(c3)OCCO4)ccc2OC)cc1. The molecule has 0 aromatic heterocycles. The zero-order valence-corrected chi connectivity index (χ0v) is 20.7. The second-order valence-electron chi connectivity index (χ2n) is 8.16. The predicted octanol–water partition coefficient (Wildman–Crippen LogP) is 4.10. The summed E-state index contributed by atoms with van der Waals surface area (Å²) in [6.07, 6.45) is 0.852. The minimum atomic E-state index is -4.00. The van der Waals surface area contributed by atoms with E-state index in [9.17, 15) is 13.2 Å². The Labute approximate surface area is 205 Å². The van der Waals surface area contributed by atoms with Gasteiger partial charge in [-0.05, 0) is 60.0 Å². The van der Waals surface area contributed by atoms with Crippen molar-refractivity contribution in [3.63, 3.8) is 0 Å². The molecule has 3 aromatic carbocycles. The number of nitrogens with zero attached hydrogens (tertiary/aromatic N) is 1. The molecule has 0 saturated carbocycles. The summed E-state index contributed by atoms with van der Waals surface area (Å²) in [5, 5.41) is 0. The Morgan fingerprint density at radius 2 is 1.66 bits per heavy atom. The fourth-order valence-corrected chi connectivity index (χ4v) is 5.05. The average molecular weight is 497 g/mol. The lowest BCUT2D eigenvalue weighted by molar-refractivity contribution is 0.0784. The van der Waals surface area contributed by atoms with Crippen molar-refractivity contribution in [1.29, 1.82) is 0 Å². The van der Waals surface area contributed by atoms with Gasteiger partial charge in [-0.15, -0.1) is 0 Å². The van der Waals surface area contributed by atoms with Crippen LogP contribution in [0.1, 0.15) is 28.4 Å². The summed E-state index contributed by atoms with van der Waals surface area (Å²) in [6.45, 7) is 3.32. The van der Waals surface area contributed by atoms with Gasteiger partial charge in [-0.1, -0.05) is 25.1 Å². The Balaban J connectivity index is 1.55. The van der Waals surface area contributed by atoms with Crippen LogP contribution >= 0.6 is 0 Å². The van der Waals surface area contributed by atoms with Crippen LogP contribution in [0.4, 0.5) is 5.69 Å². The van der Waals surface area contributed by atoms with Crippen LogP contribution in [0.2, 0.25) is 0 Å². The second-order valence-corrected chi connectivity index (χ2v) is 9.81. The molecular formula is C26H28N2O6S. The van der Waals surface area contributed by atoms with E-state index in [4.69, 9.17) is 14.2 Å². The van der Waals surface area contributed by atoms with E-state index in [1.165, 1.54) is 24.1 Å². The summed E-state index contributed by atoms with van der Waals surface area (Å²) in [5.41, 5.74) is 2.62. The van der Waals surface area contributed by atoms with Crippen molar-refractivity contribution in [3.05, 3.63) is 77.4 Å². The van der Waals surface area contributed by atoms with Crippen LogP contribution in [0.15, 0.2) is 65.6 Å². The van der Waals surface area contributed by atoms with Gasteiger partial charge in [0.15, 0.2) is 11.5 Å². The fourth-order valence-electron chi connectivity index (χ4n) is 3.79. The van der Waals surface area contributed by atoms with Crippen LogP contribution in [-0.4, -0.2) is 46.6 Å². The summed E-state index contributed by atoms with van der Waals surface area (Å²) >= 11 is 0. The number of carbonyl (C=O) groups is 1. The van der Waals surface area contributed by atoms with Crippen molar-refractivity contribution in [3.8, 4) is 17.2 Å². The first-order chi connectivity index (χ1) is 16.8. The molecule has 3 aromatic rings. The number of nitrogens with one attached hydrogen (secondary N) is 1. The minimum Gasteiger partial charge on any atom is -0.495 e. The lowest BCUT2D eigenvalue weighted by atomic mass is 10.1. The van der Waals surface area contributed by atoms with E-state index in [0.717, 1.165) is 17.5 Å². The van der Waals surface area contributed by atoms with Gasteiger partial charge in [0.25, 0.3) is 15.9 Å². The molecule has 0 spiro atoms. The van der Waals surface area contributed by atoms with Crippen LogP contribution in [0.5, 0.6) is 17.2 Å². The highest BCUT2D eigenvalue weighted by Crippen LogP contribution is 2.31. The zero-order chi connectivity index (χ0) is 25.0. The van der Waals surface area contributed by atoms with Crippen LogP contribution in [0, 0.1) is 0 Å². The molecular weight excluding hydrogens is 468 g/mol. The smallest absolute Gasteiger partial charge is 0.265 e. The van der Waals surface area contributed by atoms with Gasteiger partial charge >= 0.3 is 0 Å². The van der Waals surface area contributed by atoms with Crippen LogP contribution in [0.25, 0.3) is 0 Å². The van der Waals surface area contributed by atoms with Crippen molar-refractivity contribution in [2.45, 2.75) is 24.8 Å². The van der Waals surface area contributed by atoms with E-state index in [1.807, 2.05) is 37.3 Å². The standard InChI is InChI=1S/C26H28N2O6S/c1-4-18-5-9-21(10-6-18)27-35(30,31)25-16-20(8-12-23(25)32-3)26(29)28(2)17-19-7-11-22-24(15-19)34-14-13-33-22/h5-12,15-16,27H,4,13-14,17H2,1-3H3. The van der Waals surface area contributed by atoms with Crippen molar-refractivity contribution < 1.29 is 27.4 Å². The molecule has 0 atom stereocenters. The molecule has 0 aliphatic carbocycles. The van der Waals surface area contributed by atoms with Crippen molar-refractivity contribution in [2.24, 2.45) is 0 Å². The summed E-state index contributed by atoms with van der Waals surface area (Å²) < 4.78 is 45.3. The Hall–Kier alpha value is -3.72. The Kier molecular flexibility index (Phi) is 7.16. The van der Waals surface area contributed by atoms with E-state index < -0.39 is 10.0 Å². The van der Waals surface area contributed by atoms with Gasteiger partial charge in [-0.3, -0.25) is 9.52 Å². The third-order valence-electron chi connectivity index (χ3n) is 5.69. The fraction of sp³-hybridized carbons (Fsp3) is 0.269. The lowest BCUT2D eigenvalue weighted by Gasteiger charge is -2.21. The first-order valence-corrected chi connectivity index (χ1v) is 12.7. The average Bonchev–Trinajstić information content (AvgIpc) is 2.88.